The Morgan fingerprint density at radius 1 is 1.20 bits per heavy atom. The third-order valence-corrected chi connectivity index (χ3v) is 5.93. The fourth-order valence-electron chi connectivity index (χ4n) is 3.12. The van der Waals surface area contributed by atoms with E-state index in [9.17, 15) is 18.1 Å². The maximum atomic E-state index is 11.3. The molecule has 0 radical (unpaired) electrons. The average Bonchev–Trinajstić information content (AvgIpc) is 2.34. The molecule has 0 aliphatic heterocycles. The van der Waals surface area contributed by atoms with E-state index in [0.29, 0.717) is 5.92 Å². The molecule has 0 heterocycles. The van der Waals surface area contributed by atoms with Crippen LogP contribution >= 0.6 is 0 Å². The van der Waals surface area contributed by atoms with Crippen molar-refractivity contribution in [2.45, 2.75) is 76.2 Å². The number of hydrogen-bond donors (Lipinski definition) is 3. The van der Waals surface area contributed by atoms with Gasteiger partial charge in [0.2, 0.25) is 0 Å². The van der Waals surface area contributed by atoms with Crippen LogP contribution in [0.2, 0.25) is 0 Å². The van der Waals surface area contributed by atoms with Crippen LogP contribution in [0.4, 0.5) is 0 Å². The highest BCUT2D eigenvalue weighted by atomic mass is 32.2. The van der Waals surface area contributed by atoms with Crippen LogP contribution in [-0.2, 0) is 10.1 Å². The van der Waals surface area contributed by atoms with Crippen LogP contribution in [0.5, 0.6) is 0 Å². The molecule has 120 valence electrons. The van der Waals surface area contributed by atoms with Gasteiger partial charge in [-0.2, -0.15) is 8.42 Å². The summed E-state index contributed by atoms with van der Waals surface area (Å²) in [6.07, 6.45) is 5.85. The Morgan fingerprint density at radius 2 is 1.75 bits per heavy atom. The minimum absolute atomic E-state index is 0.00435. The molecule has 1 rings (SSSR count). The highest BCUT2D eigenvalue weighted by molar-refractivity contribution is 7.86. The molecular weight excluding hydrogens is 278 g/mol. The predicted molar refractivity (Wildman–Crippen MR) is 80.0 cm³/mol. The van der Waals surface area contributed by atoms with Gasteiger partial charge in [0.15, 0.2) is 0 Å². The molecule has 4 N–H and O–H groups in total. The summed E-state index contributed by atoms with van der Waals surface area (Å²) in [5.74, 6) is 0.290. The molecule has 1 aliphatic carbocycles. The zero-order chi connectivity index (χ0) is 15.3. The van der Waals surface area contributed by atoms with Gasteiger partial charge in [-0.25, -0.2) is 0 Å². The van der Waals surface area contributed by atoms with Gasteiger partial charge in [0.05, 0.1) is 11.4 Å². The summed E-state index contributed by atoms with van der Waals surface area (Å²) in [7, 11) is -4.14. The first-order valence-corrected chi connectivity index (χ1v) is 9.12. The van der Waals surface area contributed by atoms with Crippen LogP contribution in [-0.4, -0.2) is 35.5 Å². The minimum Gasteiger partial charge on any atom is -0.391 e. The van der Waals surface area contributed by atoms with Crippen molar-refractivity contribution < 1.29 is 18.1 Å². The van der Waals surface area contributed by atoms with Crippen molar-refractivity contribution in [1.29, 1.82) is 0 Å². The van der Waals surface area contributed by atoms with E-state index < -0.39 is 27.5 Å². The first-order chi connectivity index (χ1) is 9.21. The second-order valence-electron chi connectivity index (χ2n) is 6.50. The van der Waals surface area contributed by atoms with Gasteiger partial charge in [0, 0.05) is 6.04 Å². The summed E-state index contributed by atoms with van der Waals surface area (Å²) < 4.78 is 31.9. The lowest BCUT2D eigenvalue weighted by Gasteiger charge is -2.29. The first kappa shape index (κ1) is 17.9. The number of nitrogens with two attached hydrogens (primary N) is 1. The van der Waals surface area contributed by atoms with E-state index in [4.69, 9.17) is 5.73 Å². The van der Waals surface area contributed by atoms with Gasteiger partial charge in [-0.05, 0) is 24.7 Å². The van der Waals surface area contributed by atoms with Crippen molar-refractivity contribution in [2.75, 3.05) is 0 Å². The molecule has 0 saturated heterocycles. The lowest BCUT2D eigenvalue weighted by Crippen LogP contribution is -2.41. The van der Waals surface area contributed by atoms with Crippen LogP contribution in [0.25, 0.3) is 0 Å². The summed E-state index contributed by atoms with van der Waals surface area (Å²) in [5, 5.41) is 9.18. The Bertz CT molecular complexity index is 377. The highest BCUT2D eigenvalue weighted by Gasteiger charge is 2.32. The van der Waals surface area contributed by atoms with E-state index in [2.05, 4.69) is 0 Å². The number of rotatable bonds is 7. The van der Waals surface area contributed by atoms with E-state index in [1.165, 1.54) is 19.3 Å². The van der Waals surface area contributed by atoms with Crippen molar-refractivity contribution in [3.8, 4) is 0 Å². The van der Waals surface area contributed by atoms with Crippen LogP contribution in [0.15, 0.2) is 0 Å². The Hall–Kier alpha value is -0.170. The van der Waals surface area contributed by atoms with E-state index in [0.717, 1.165) is 19.3 Å². The summed E-state index contributed by atoms with van der Waals surface area (Å²) in [5.41, 5.74) is 6.01. The van der Waals surface area contributed by atoms with Crippen molar-refractivity contribution in [2.24, 2.45) is 17.6 Å². The normalized spacial score (nSPS) is 22.7. The maximum Gasteiger partial charge on any atom is 0.268 e. The van der Waals surface area contributed by atoms with Gasteiger partial charge in [0.1, 0.15) is 0 Å². The highest BCUT2D eigenvalue weighted by Crippen LogP contribution is 2.28. The molecule has 1 fully saturated rings. The molecule has 1 saturated carbocycles. The predicted octanol–water partition coefficient (Wildman–Crippen LogP) is 1.95. The standard InChI is InChI=1S/C14H29NO4S/c1-10(2)14(20(17,18)19)9-13(16)12(15)8-11-6-4-3-5-7-11/h10-14,16H,3-9,15H2,1-2H3,(H,17,18,19)/t12-,13-,14-/m0/s1. The monoisotopic (exact) mass is 307 g/mol. The summed E-state index contributed by atoms with van der Waals surface area (Å²) >= 11 is 0. The molecular formula is C14H29NO4S. The zero-order valence-electron chi connectivity index (χ0n) is 12.5. The molecule has 0 spiro atoms. The topological polar surface area (TPSA) is 101 Å². The smallest absolute Gasteiger partial charge is 0.268 e. The molecule has 3 atom stereocenters. The Balaban J connectivity index is 2.52. The minimum atomic E-state index is -4.14. The van der Waals surface area contributed by atoms with Gasteiger partial charge < -0.3 is 10.8 Å². The Labute approximate surface area is 122 Å². The largest absolute Gasteiger partial charge is 0.391 e. The third kappa shape index (κ3) is 5.68. The van der Waals surface area contributed by atoms with Crippen LogP contribution in [0, 0.1) is 11.8 Å². The van der Waals surface area contributed by atoms with Crippen molar-refractivity contribution in [3.05, 3.63) is 0 Å². The average molecular weight is 307 g/mol. The van der Waals surface area contributed by atoms with Gasteiger partial charge in [0.25, 0.3) is 10.1 Å². The van der Waals surface area contributed by atoms with Crippen molar-refractivity contribution >= 4 is 10.1 Å². The number of aliphatic hydroxyl groups excluding tert-OH is 1. The molecule has 0 bridgehead atoms. The van der Waals surface area contributed by atoms with E-state index in [-0.39, 0.29) is 12.3 Å². The molecule has 0 aromatic carbocycles. The summed E-state index contributed by atoms with van der Waals surface area (Å²) in [6, 6.07) is -0.416. The quantitative estimate of drug-likeness (QED) is 0.624. The van der Waals surface area contributed by atoms with Crippen LogP contribution < -0.4 is 5.73 Å². The Kier molecular flexibility index (Phi) is 6.91. The maximum absolute atomic E-state index is 11.3. The molecule has 0 aromatic rings. The number of aliphatic hydroxyl groups is 1. The zero-order valence-corrected chi connectivity index (χ0v) is 13.3. The van der Waals surface area contributed by atoms with Crippen LogP contribution in [0.3, 0.4) is 0 Å². The molecule has 20 heavy (non-hydrogen) atoms. The van der Waals surface area contributed by atoms with Gasteiger partial charge in [-0.15, -0.1) is 0 Å². The molecule has 1 aliphatic rings. The fraction of sp³-hybridized carbons (Fsp3) is 1.00. The molecule has 0 amide bonds. The first-order valence-electron chi connectivity index (χ1n) is 7.61. The lowest BCUT2D eigenvalue weighted by molar-refractivity contribution is 0.112. The molecule has 6 heteroatoms. The van der Waals surface area contributed by atoms with Crippen molar-refractivity contribution in [1.82, 2.24) is 0 Å². The summed E-state index contributed by atoms with van der Waals surface area (Å²) in [6.45, 7) is 3.44. The van der Waals surface area contributed by atoms with E-state index >= 15 is 0 Å². The van der Waals surface area contributed by atoms with Crippen LogP contribution in [0.1, 0.15) is 58.8 Å². The summed E-state index contributed by atoms with van der Waals surface area (Å²) in [4.78, 5) is 0. The molecule has 0 unspecified atom stereocenters. The van der Waals surface area contributed by atoms with E-state index in [1.807, 2.05) is 0 Å². The van der Waals surface area contributed by atoms with Gasteiger partial charge in [-0.1, -0.05) is 46.0 Å². The van der Waals surface area contributed by atoms with Gasteiger partial charge in [-0.3, -0.25) is 4.55 Å². The second-order valence-corrected chi connectivity index (χ2v) is 8.14. The SMILES string of the molecule is CC(C)[C@H](C[C@H](O)[C@@H](N)CC1CCCCC1)S(=O)(=O)O. The molecule has 5 nitrogen and oxygen atoms in total. The third-order valence-electron chi connectivity index (χ3n) is 4.42. The second kappa shape index (κ2) is 7.73. The van der Waals surface area contributed by atoms with Gasteiger partial charge >= 0.3 is 0 Å². The Morgan fingerprint density at radius 3 is 2.20 bits per heavy atom. The van der Waals surface area contributed by atoms with Crippen molar-refractivity contribution in [3.63, 3.8) is 0 Å². The number of hydrogen-bond acceptors (Lipinski definition) is 4. The fourth-order valence-corrected chi connectivity index (χ4v) is 4.24. The van der Waals surface area contributed by atoms with E-state index in [1.54, 1.807) is 13.8 Å². The lowest BCUT2D eigenvalue weighted by atomic mass is 9.83. The molecule has 0 aromatic heterocycles.